The predicted molar refractivity (Wildman–Crippen MR) is 62.4 cm³/mol. The van der Waals surface area contributed by atoms with Crippen LogP contribution in [-0.4, -0.2) is 30.8 Å². The summed E-state index contributed by atoms with van der Waals surface area (Å²) in [5.41, 5.74) is 3.12. The molecule has 0 bridgehead atoms. The van der Waals surface area contributed by atoms with Gasteiger partial charge in [-0.05, 0) is 26.2 Å². The molecule has 2 rings (SSSR count). The van der Waals surface area contributed by atoms with Gasteiger partial charge >= 0.3 is 0 Å². The molecule has 4 heteroatoms. The second-order valence-corrected chi connectivity index (χ2v) is 4.89. The number of nitrogens with one attached hydrogen (secondary N) is 1. The third-order valence-electron chi connectivity index (χ3n) is 2.85. The van der Waals surface area contributed by atoms with Crippen LogP contribution in [0.3, 0.4) is 0 Å². The van der Waals surface area contributed by atoms with Crippen LogP contribution in [0, 0.1) is 6.92 Å². The molecule has 0 spiro atoms. The molecule has 1 aromatic rings. The zero-order valence-corrected chi connectivity index (χ0v) is 9.98. The second-order valence-electron chi connectivity index (χ2n) is 3.95. The smallest absolute Gasteiger partial charge is 0.0797 e. The lowest BCUT2D eigenvalue weighted by atomic mass is 10.1. The molecule has 1 aromatic heterocycles. The maximum absolute atomic E-state index is 5.32. The van der Waals surface area contributed by atoms with Crippen LogP contribution in [0.25, 0.3) is 0 Å². The first kappa shape index (κ1) is 11.0. The van der Waals surface area contributed by atoms with E-state index in [1.165, 1.54) is 10.6 Å². The summed E-state index contributed by atoms with van der Waals surface area (Å²) in [7, 11) is 0. The Labute approximate surface area is 94.9 Å². The molecule has 0 atom stereocenters. The Morgan fingerprint density at radius 1 is 1.53 bits per heavy atom. The largest absolute Gasteiger partial charge is 0.381 e. The van der Waals surface area contributed by atoms with E-state index in [1.54, 1.807) is 11.3 Å². The fourth-order valence-corrected chi connectivity index (χ4v) is 2.64. The van der Waals surface area contributed by atoms with E-state index >= 15 is 0 Å². The lowest BCUT2D eigenvalue weighted by Crippen LogP contribution is -2.35. The first-order valence-electron chi connectivity index (χ1n) is 5.56. The molecular weight excluding hydrogens is 208 g/mol. The van der Waals surface area contributed by atoms with Crippen molar-refractivity contribution in [3.8, 4) is 0 Å². The maximum atomic E-state index is 5.32. The van der Waals surface area contributed by atoms with Gasteiger partial charge in [0, 0.05) is 30.7 Å². The number of nitrogens with zero attached hydrogens (tertiary/aromatic N) is 1. The summed E-state index contributed by atoms with van der Waals surface area (Å²) >= 11 is 1.76. The molecule has 0 aromatic carbocycles. The van der Waals surface area contributed by atoms with Gasteiger partial charge in [0.05, 0.1) is 11.2 Å². The lowest BCUT2D eigenvalue weighted by Gasteiger charge is -2.23. The van der Waals surface area contributed by atoms with Crippen LogP contribution in [0.2, 0.25) is 0 Å². The molecule has 0 aliphatic carbocycles. The van der Waals surface area contributed by atoms with Crippen LogP contribution in [0.4, 0.5) is 0 Å². The Bertz CT molecular complexity index is 295. The van der Waals surface area contributed by atoms with Crippen molar-refractivity contribution in [1.29, 1.82) is 0 Å². The van der Waals surface area contributed by atoms with E-state index < -0.39 is 0 Å². The van der Waals surface area contributed by atoms with Crippen LogP contribution in [0.15, 0.2) is 5.51 Å². The summed E-state index contributed by atoms with van der Waals surface area (Å²) in [5, 5.41) is 3.59. The first-order valence-corrected chi connectivity index (χ1v) is 6.44. The third kappa shape index (κ3) is 3.26. The molecule has 1 saturated heterocycles. The van der Waals surface area contributed by atoms with Crippen LogP contribution in [0.5, 0.6) is 0 Å². The van der Waals surface area contributed by atoms with E-state index in [0.29, 0.717) is 6.04 Å². The highest BCUT2D eigenvalue weighted by molar-refractivity contribution is 7.09. The minimum Gasteiger partial charge on any atom is -0.381 e. The molecule has 0 amide bonds. The summed E-state index contributed by atoms with van der Waals surface area (Å²) in [5.74, 6) is 0. The van der Waals surface area contributed by atoms with Gasteiger partial charge in [-0.2, -0.15) is 0 Å². The lowest BCUT2D eigenvalue weighted by molar-refractivity contribution is 0.0782. The number of hydrogen-bond acceptors (Lipinski definition) is 4. The number of hydrogen-bond donors (Lipinski definition) is 1. The van der Waals surface area contributed by atoms with Crippen molar-refractivity contribution in [3.63, 3.8) is 0 Å². The van der Waals surface area contributed by atoms with Crippen molar-refractivity contribution in [1.82, 2.24) is 10.3 Å². The van der Waals surface area contributed by atoms with E-state index in [2.05, 4.69) is 17.2 Å². The average Bonchev–Trinajstić information content (AvgIpc) is 2.66. The fraction of sp³-hybridized carbons (Fsp3) is 0.727. The zero-order valence-electron chi connectivity index (χ0n) is 9.16. The molecule has 1 fully saturated rings. The standard InChI is InChI=1S/C11H18N2OS/c1-9-11(15-8-13-9)2-5-12-10-3-6-14-7-4-10/h8,10,12H,2-7H2,1H3. The highest BCUT2D eigenvalue weighted by Gasteiger charge is 2.12. The Balaban J connectivity index is 1.68. The van der Waals surface area contributed by atoms with Gasteiger partial charge < -0.3 is 10.1 Å². The number of aryl methyl sites for hydroxylation is 1. The van der Waals surface area contributed by atoms with Gasteiger partial charge in [0.1, 0.15) is 0 Å². The average molecular weight is 226 g/mol. The predicted octanol–water partition coefficient (Wildman–Crippen LogP) is 1.76. The molecule has 0 unspecified atom stereocenters. The molecule has 3 nitrogen and oxygen atoms in total. The van der Waals surface area contributed by atoms with Crippen molar-refractivity contribution >= 4 is 11.3 Å². The van der Waals surface area contributed by atoms with Gasteiger partial charge in [0.2, 0.25) is 0 Å². The van der Waals surface area contributed by atoms with Gasteiger partial charge in [-0.1, -0.05) is 0 Å². The van der Waals surface area contributed by atoms with Crippen LogP contribution >= 0.6 is 11.3 Å². The van der Waals surface area contributed by atoms with Crippen molar-refractivity contribution in [2.45, 2.75) is 32.2 Å². The third-order valence-corrected chi connectivity index (χ3v) is 3.85. The summed E-state index contributed by atoms with van der Waals surface area (Å²) in [6.07, 6.45) is 3.41. The topological polar surface area (TPSA) is 34.2 Å². The van der Waals surface area contributed by atoms with E-state index in [1.807, 2.05) is 5.51 Å². The van der Waals surface area contributed by atoms with Gasteiger partial charge in [-0.3, -0.25) is 0 Å². The molecule has 84 valence electrons. The van der Waals surface area contributed by atoms with Gasteiger partial charge in [-0.15, -0.1) is 11.3 Å². The first-order chi connectivity index (χ1) is 7.36. The summed E-state index contributed by atoms with van der Waals surface area (Å²) in [6, 6.07) is 0.659. The maximum Gasteiger partial charge on any atom is 0.0797 e. The number of thiazole rings is 1. The normalized spacial score (nSPS) is 18.2. The van der Waals surface area contributed by atoms with Gasteiger partial charge in [0.25, 0.3) is 0 Å². The van der Waals surface area contributed by atoms with E-state index in [-0.39, 0.29) is 0 Å². The Morgan fingerprint density at radius 2 is 2.33 bits per heavy atom. The van der Waals surface area contributed by atoms with Crippen molar-refractivity contribution in [2.75, 3.05) is 19.8 Å². The van der Waals surface area contributed by atoms with Crippen molar-refractivity contribution in [3.05, 3.63) is 16.1 Å². The molecule has 0 radical (unpaired) electrons. The van der Waals surface area contributed by atoms with Crippen LogP contribution in [0.1, 0.15) is 23.4 Å². The molecule has 1 aliphatic rings. The van der Waals surface area contributed by atoms with E-state index in [0.717, 1.165) is 39.0 Å². The molecular formula is C11H18N2OS. The minimum absolute atomic E-state index is 0.659. The number of aromatic nitrogens is 1. The molecule has 1 N–H and O–H groups in total. The van der Waals surface area contributed by atoms with Crippen LogP contribution in [-0.2, 0) is 11.2 Å². The number of rotatable bonds is 4. The van der Waals surface area contributed by atoms with Gasteiger partial charge in [0.15, 0.2) is 0 Å². The second kappa shape index (κ2) is 5.58. The van der Waals surface area contributed by atoms with Crippen LogP contribution < -0.4 is 5.32 Å². The Kier molecular flexibility index (Phi) is 4.11. The molecule has 15 heavy (non-hydrogen) atoms. The zero-order chi connectivity index (χ0) is 10.5. The van der Waals surface area contributed by atoms with Gasteiger partial charge in [-0.25, -0.2) is 4.98 Å². The van der Waals surface area contributed by atoms with Crippen molar-refractivity contribution in [2.24, 2.45) is 0 Å². The minimum atomic E-state index is 0.659. The highest BCUT2D eigenvalue weighted by Crippen LogP contribution is 2.12. The molecule has 1 aliphatic heterocycles. The number of ether oxygens (including phenoxy) is 1. The Hall–Kier alpha value is -0.450. The van der Waals surface area contributed by atoms with Crippen molar-refractivity contribution < 1.29 is 4.74 Å². The summed E-state index contributed by atoms with van der Waals surface area (Å²) in [4.78, 5) is 5.66. The highest BCUT2D eigenvalue weighted by atomic mass is 32.1. The fourth-order valence-electron chi connectivity index (χ4n) is 1.86. The molecule has 0 saturated carbocycles. The monoisotopic (exact) mass is 226 g/mol. The van der Waals surface area contributed by atoms with E-state index in [9.17, 15) is 0 Å². The van der Waals surface area contributed by atoms with E-state index in [4.69, 9.17) is 4.74 Å². The quantitative estimate of drug-likeness (QED) is 0.849. The summed E-state index contributed by atoms with van der Waals surface area (Å²) in [6.45, 7) is 4.97. The SMILES string of the molecule is Cc1ncsc1CCNC1CCOCC1. The molecule has 2 heterocycles. The Morgan fingerprint density at radius 3 is 3.00 bits per heavy atom. The summed E-state index contributed by atoms with van der Waals surface area (Å²) < 4.78 is 5.32.